The van der Waals surface area contributed by atoms with Crippen molar-refractivity contribution in [3.05, 3.63) is 142 Å². The van der Waals surface area contributed by atoms with E-state index in [-0.39, 0.29) is 59.9 Å². The summed E-state index contributed by atoms with van der Waals surface area (Å²) in [5.74, 6) is -1.53. The fraction of sp³-hybridized carbons (Fsp3) is 0.364. The van der Waals surface area contributed by atoms with Crippen molar-refractivity contribution >= 4 is 45.6 Å². The highest BCUT2D eigenvalue weighted by molar-refractivity contribution is 8.14. The van der Waals surface area contributed by atoms with Crippen LogP contribution in [0.15, 0.2) is 102 Å². The van der Waals surface area contributed by atoms with Crippen molar-refractivity contribution in [3.63, 3.8) is 0 Å². The molecule has 57 heavy (non-hydrogen) atoms. The predicted molar refractivity (Wildman–Crippen MR) is 218 cm³/mol. The van der Waals surface area contributed by atoms with Crippen LogP contribution in [0.2, 0.25) is 0 Å². The van der Waals surface area contributed by atoms with E-state index in [1.807, 2.05) is 24.3 Å². The van der Waals surface area contributed by atoms with Crippen LogP contribution in [0.4, 0.5) is 17.6 Å². The Kier molecular flexibility index (Phi) is 13.8. The molecule has 4 aromatic rings. The number of alkyl halides is 2. The standard InChI is InChI=1S/C22H23F2NO3S.C22H21F2NO2S/c1-14-6-5-9-16(21(14)24)22(13-28-19(11-23)17(22)12-26)25-20(29)10-18(27)15-7-3-2-4-8-15;1-14-6-5-9-16(21(14)24)22-13-27-19(11-23)17(22)12-28-20(25-22)10-18(26)15-7-3-2-4-8-15/h2-9,17,19,26H,10-13H2,1H3,(H,25,29);2-9,17,19H,10-13H2,1H3/t2*17-,19-,22-/m11/s1. The number of benzene rings is 4. The number of ketones is 2. The lowest BCUT2D eigenvalue weighted by Crippen LogP contribution is -2.53. The van der Waals surface area contributed by atoms with Crippen LogP contribution in [0.1, 0.15) is 55.8 Å². The highest BCUT2D eigenvalue weighted by Crippen LogP contribution is 2.49. The van der Waals surface area contributed by atoms with Gasteiger partial charge in [0.15, 0.2) is 11.6 Å². The molecule has 0 radical (unpaired) electrons. The molecule has 2 fully saturated rings. The lowest BCUT2D eigenvalue weighted by Gasteiger charge is -2.37. The van der Waals surface area contributed by atoms with E-state index < -0.39 is 55.0 Å². The molecule has 3 aliphatic rings. The molecule has 300 valence electrons. The Morgan fingerprint density at radius 1 is 0.807 bits per heavy atom. The zero-order valence-electron chi connectivity index (χ0n) is 31.6. The first kappa shape index (κ1) is 42.3. The molecule has 3 aliphatic heterocycles. The Balaban J connectivity index is 0.000000193. The van der Waals surface area contributed by atoms with E-state index in [0.717, 1.165) is 0 Å². The highest BCUT2D eigenvalue weighted by atomic mass is 32.2. The van der Waals surface area contributed by atoms with Crippen molar-refractivity contribution in [1.29, 1.82) is 0 Å². The number of hydrogen-bond donors (Lipinski definition) is 2. The van der Waals surface area contributed by atoms with Crippen molar-refractivity contribution in [2.45, 2.75) is 50.0 Å². The topological polar surface area (TPSA) is 97.2 Å². The number of aliphatic imine (C=N–C) groups is 1. The number of nitrogens with zero attached hydrogens (tertiary/aromatic N) is 1. The molecule has 13 heteroatoms. The number of nitrogens with one attached hydrogen (secondary N) is 1. The Morgan fingerprint density at radius 2 is 1.37 bits per heavy atom. The van der Waals surface area contributed by atoms with Gasteiger partial charge in [0.05, 0.1) is 60.4 Å². The molecule has 0 saturated carbocycles. The molecular weight excluding hydrogens is 777 g/mol. The summed E-state index contributed by atoms with van der Waals surface area (Å²) < 4.78 is 68.3. The van der Waals surface area contributed by atoms with Gasteiger partial charge in [-0.05, 0) is 25.0 Å². The van der Waals surface area contributed by atoms with Gasteiger partial charge in [-0.3, -0.25) is 14.6 Å². The fourth-order valence-corrected chi connectivity index (χ4v) is 9.46. The second-order valence-electron chi connectivity index (χ2n) is 14.5. The van der Waals surface area contributed by atoms with Crippen LogP contribution < -0.4 is 5.32 Å². The molecule has 2 saturated heterocycles. The summed E-state index contributed by atoms with van der Waals surface area (Å²) in [6.45, 7) is 1.49. The number of rotatable bonds is 12. The summed E-state index contributed by atoms with van der Waals surface area (Å²) in [6, 6.07) is 27.8. The van der Waals surface area contributed by atoms with E-state index in [1.165, 1.54) is 11.8 Å². The van der Waals surface area contributed by atoms with Crippen LogP contribution in [0.5, 0.6) is 0 Å². The Bertz CT molecular complexity index is 2110. The zero-order valence-corrected chi connectivity index (χ0v) is 33.2. The Morgan fingerprint density at radius 3 is 1.96 bits per heavy atom. The number of aliphatic hydroxyl groups is 1. The molecule has 7 nitrogen and oxygen atoms in total. The van der Waals surface area contributed by atoms with Gasteiger partial charge in [0.2, 0.25) is 0 Å². The first-order valence-corrected chi connectivity index (χ1v) is 20.0. The molecule has 0 amide bonds. The largest absolute Gasteiger partial charge is 0.396 e. The molecule has 3 heterocycles. The number of carbonyl (C=O) groups excluding carboxylic acids is 2. The number of aliphatic hydroxyl groups excluding tert-OH is 1. The van der Waals surface area contributed by atoms with Crippen molar-refractivity contribution in [3.8, 4) is 0 Å². The molecule has 7 rings (SSSR count). The average Bonchev–Trinajstić information content (AvgIpc) is 3.78. The lowest BCUT2D eigenvalue weighted by molar-refractivity contribution is 0.0524. The second kappa shape index (κ2) is 18.5. The molecule has 0 aliphatic carbocycles. The van der Waals surface area contributed by atoms with Crippen molar-refractivity contribution < 1.29 is 41.7 Å². The van der Waals surface area contributed by atoms with Crippen LogP contribution in [-0.4, -0.2) is 77.8 Å². The number of fused-ring (bicyclic) bond motifs is 1. The van der Waals surface area contributed by atoms with Gasteiger partial charge in [-0.25, -0.2) is 17.6 Å². The van der Waals surface area contributed by atoms with Crippen molar-refractivity contribution in [1.82, 2.24) is 5.32 Å². The number of ether oxygens (including phenoxy) is 2. The van der Waals surface area contributed by atoms with E-state index in [2.05, 4.69) is 5.32 Å². The minimum atomic E-state index is -1.27. The molecule has 4 aromatic carbocycles. The summed E-state index contributed by atoms with van der Waals surface area (Å²) in [5, 5.41) is 13.7. The predicted octanol–water partition coefficient (Wildman–Crippen LogP) is 8.23. The SMILES string of the molecule is Cc1cccc([C@]2(NC(=S)CC(=O)c3ccccc3)CO[C@H](CF)[C@H]2CO)c1F.Cc1cccc([C@]23CO[C@H](CF)[C@H]2CSC(CC(=O)c2ccccc2)=N3)c1F. The van der Waals surface area contributed by atoms with Gasteiger partial charge in [-0.15, -0.1) is 11.8 Å². The van der Waals surface area contributed by atoms with Gasteiger partial charge in [-0.2, -0.15) is 0 Å². The van der Waals surface area contributed by atoms with Crippen molar-refractivity contribution in [2.75, 3.05) is 38.9 Å². The number of thiocarbonyl (C=S) groups is 1. The van der Waals surface area contributed by atoms with Crippen LogP contribution >= 0.6 is 24.0 Å². The number of halogens is 4. The number of hydrogen-bond acceptors (Lipinski definition) is 8. The number of Topliss-reactive ketones (excluding diaryl/α,β-unsaturated/α-hetero) is 2. The van der Waals surface area contributed by atoms with Crippen LogP contribution in [0.25, 0.3) is 0 Å². The molecule has 0 aromatic heterocycles. The van der Waals surface area contributed by atoms with Gasteiger partial charge >= 0.3 is 0 Å². The van der Waals surface area contributed by atoms with E-state index in [4.69, 9.17) is 26.7 Å². The maximum Gasteiger partial charge on any atom is 0.169 e. The third-order valence-electron chi connectivity index (χ3n) is 11.0. The van der Waals surface area contributed by atoms with Crippen molar-refractivity contribution in [2.24, 2.45) is 16.8 Å². The van der Waals surface area contributed by atoms with E-state index in [1.54, 1.807) is 86.6 Å². The molecule has 0 bridgehead atoms. The lowest BCUT2D eigenvalue weighted by atomic mass is 9.77. The molecular formula is C44H44F4N2O5S2. The van der Waals surface area contributed by atoms with Gasteiger partial charge in [0.25, 0.3) is 0 Å². The Labute approximate surface area is 339 Å². The second-order valence-corrected chi connectivity index (χ2v) is 16.1. The first-order valence-electron chi connectivity index (χ1n) is 18.6. The summed E-state index contributed by atoms with van der Waals surface area (Å²) in [6.07, 6.45) is -1.45. The summed E-state index contributed by atoms with van der Waals surface area (Å²) in [4.78, 5) is 30.2. The highest BCUT2D eigenvalue weighted by Gasteiger charge is 2.55. The van der Waals surface area contributed by atoms with E-state index in [0.29, 0.717) is 38.6 Å². The smallest absolute Gasteiger partial charge is 0.169 e. The van der Waals surface area contributed by atoms with Crippen LogP contribution in [-0.2, 0) is 20.6 Å². The third kappa shape index (κ3) is 8.78. The molecule has 6 atom stereocenters. The van der Waals surface area contributed by atoms with Gasteiger partial charge in [0, 0.05) is 39.8 Å². The van der Waals surface area contributed by atoms with E-state index in [9.17, 15) is 23.5 Å². The van der Waals surface area contributed by atoms with Gasteiger partial charge in [-0.1, -0.05) is 109 Å². The normalized spacial score (nSPS) is 25.1. The quantitative estimate of drug-likeness (QED) is 0.0839. The first-order chi connectivity index (χ1) is 27.5. The zero-order chi connectivity index (χ0) is 40.7. The maximum absolute atomic E-state index is 15.0. The molecule has 0 unspecified atom stereocenters. The number of thioether (sulfide) groups is 1. The molecule has 0 spiro atoms. The summed E-state index contributed by atoms with van der Waals surface area (Å²) in [5.41, 5.74) is 0.476. The van der Waals surface area contributed by atoms with Crippen LogP contribution in [0.3, 0.4) is 0 Å². The van der Waals surface area contributed by atoms with Crippen LogP contribution in [0, 0.1) is 37.3 Å². The summed E-state index contributed by atoms with van der Waals surface area (Å²) >= 11 is 6.85. The number of carbonyl (C=O) groups is 2. The third-order valence-corrected chi connectivity index (χ3v) is 12.3. The Hall–Kier alpha value is -4.27. The minimum absolute atomic E-state index is 0.0360. The molecule has 2 N–H and O–H groups in total. The summed E-state index contributed by atoms with van der Waals surface area (Å²) in [7, 11) is 0. The average molecular weight is 821 g/mol. The minimum Gasteiger partial charge on any atom is -0.396 e. The van der Waals surface area contributed by atoms with E-state index >= 15 is 8.78 Å². The van der Waals surface area contributed by atoms with Gasteiger partial charge in [0.1, 0.15) is 30.5 Å². The number of aryl methyl sites for hydroxylation is 2. The monoisotopic (exact) mass is 820 g/mol. The van der Waals surface area contributed by atoms with Gasteiger partial charge < -0.3 is 19.9 Å². The maximum atomic E-state index is 15.0. The fourth-order valence-electron chi connectivity index (χ4n) is 7.83.